The van der Waals surface area contributed by atoms with Crippen LogP contribution < -0.4 is 15.8 Å². The fourth-order valence-electron chi connectivity index (χ4n) is 2.80. The number of para-hydroxylation sites is 2. The number of hydrogen-bond acceptors (Lipinski definition) is 3. The summed E-state index contributed by atoms with van der Waals surface area (Å²) in [4.78, 5) is 0. The highest BCUT2D eigenvalue weighted by Crippen LogP contribution is 2.46. The Kier molecular flexibility index (Phi) is 5.82. The standard InChI is InChI=1S/C21H16F6N2O/c22-20(23,24)19(21(25,26)27)13-5-9-15(10-6-13)30-16-11-7-14(8-12-16)29-18-4-2-1-3-17(18)28/h1-12,19,29H,28H2. The second-order valence-electron chi connectivity index (χ2n) is 6.42. The minimum atomic E-state index is -5.44. The van der Waals surface area contributed by atoms with Crippen molar-refractivity contribution < 1.29 is 31.1 Å². The maximum absolute atomic E-state index is 12.8. The van der Waals surface area contributed by atoms with E-state index in [0.717, 1.165) is 24.3 Å². The molecule has 0 bridgehead atoms. The highest BCUT2D eigenvalue weighted by Gasteiger charge is 2.57. The lowest BCUT2D eigenvalue weighted by atomic mass is 9.98. The third-order valence-electron chi connectivity index (χ3n) is 4.20. The lowest BCUT2D eigenvalue weighted by Crippen LogP contribution is -2.34. The van der Waals surface area contributed by atoms with Crippen LogP contribution in [-0.2, 0) is 0 Å². The minimum absolute atomic E-state index is 0.106. The summed E-state index contributed by atoms with van der Waals surface area (Å²) in [5, 5.41) is 3.12. The number of ether oxygens (including phenoxy) is 1. The van der Waals surface area contributed by atoms with Crippen molar-refractivity contribution in [3.8, 4) is 11.5 Å². The van der Waals surface area contributed by atoms with E-state index in [1.54, 1.807) is 42.5 Å². The molecule has 0 heterocycles. The average molecular weight is 426 g/mol. The van der Waals surface area contributed by atoms with E-state index in [-0.39, 0.29) is 5.75 Å². The van der Waals surface area contributed by atoms with Crippen molar-refractivity contribution in [3.05, 3.63) is 78.4 Å². The summed E-state index contributed by atoms with van der Waals surface area (Å²) in [5.41, 5.74) is 6.95. The Balaban J connectivity index is 1.70. The van der Waals surface area contributed by atoms with Gasteiger partial charge in [-0.3, -0.25) is 0 Å². The van der Waals surface area contributed by atoms with E-state index < -0.39 is 23.8 Å². The Bertz CT molecular complexity index is 968. The monoisotopic (exact) mass is 426 g/mol. The van der Waals surface area contributed by atoms with E-state index in [2.05, 4.69) is 5.32 Å². The SMILES string of the molecule is Nc1ccccc1Nc1ccc(Oc2ccc(C(C(F)(F)F)C(F)(F)F)cc2)cc1. The molecule has 0 aromatic heterocycles. The number of nitrogens with two attached hydrogens (primary N) is 1. The summed E-state index contributed by atoms with van der Waals surface area (Å²) in [6.45, 7) is 0. The number of nitrogen functional groups attached to an aromatic ring is 1. The Labute approximate surface area is 168 Å². The third kappa shape index (κ3) is 5.16. The van der Waals surface area contributed by atoms with Crippen LogP contribution in [0.25, 0.3) is 0 Å². The molecule has 0 unspecified atom stereocenters. The molecule has 0 radical (unpaired) electrons. The molecule has 3 N–H and O–H groups in total. The molecule has 9 heteroatoms. The smallest absolute Gasteiger partial charge is 0.404 e. The first-order chi connectivity index (χ1) is 14.0. The molecule has 3 rings (SSSR count). The summed E-state index contributed by atoms with van der Waals surface area (Å²) >= 11 is 0. The van der Waals surface area contributed by atoms with Crippen molar-refractivity contribution in [1.29, 1.82) is 0 Å². The lowest BCUT2D eigenvalue weighted by Gasteiger charge is -2.23. The molecule has 0 fully saturated rings. The molecule has 0 atom stereocenters. The normalized spacial score (nSPS) is 12.1. The van der Waals surface area contributed by atoms with E-state index in [0.29, 0.717) is 22.8 Å². The summed E-state index contributed by atoms with van der Waals surface area (Å²) < 4.78 is 82.3. The third-order valence-corrected chi connectivity index (χ3v) is 4.20. The van der Waals surface area contributed by atoms with Gasteiger partial charge in [0.05, 0.1) is 11.4 Å². The number of nitrogens with one attached hydrogen (secondary N) is 1. The summed E-state index contributed by atoms with van der Waals surface area (Å²) in [5.74, 6) is -3.08. The summed E-state index contributed by atoms with van der Waals surface area (Å²) in [6.07, 6.45) is -10.9. The van der Waals surface area contributed by atoms with E-state index in [1.807, 2.05) is 6.07 Å². The van der Waals surface area contributed by atoms with Crippen molar-refractivity contribution in [1.82, 2.24) is 0 Å². The first-order valence-corrected chi connectivity index (χ1v) is 8.67. The van der Waals surface area contributed by atoms with Gasteiger partial charge in [-0.25, -0.2) is 0 Å². The van der Waals surface area contributed by atoms with E-state index in [9.17, 15) is 26.3 Å². The summed E-state index contributed by atoms with van der Waals surface area (Å²) in [7, 11) is 0. The van der Waals surface area contributed by atoms with Crippen molar-refractivity contribution in [2.45, 2.75) is 18.3 Å². The van der Waals surface area contributed by atoms with Gasteiger partial charge >= 0.3 is 12.4 Å². The van der Waals surface area contributed by atoms with E-state index >= 15 is 0 Å². The second-order valence-corrected chi connectivity index (χ2v) is 6.42. The van der Waals surface area contributed by atoms with Crippen LogP contribution in [-0.4, -0.2) is 12.4 Å². The molecule has 0 saturated heterocycles. The molecule has 3 aromatic rings. The average Bonchev–Trinajstić information content (AvgIpc) is 2.64. The fourth-order valence-corrected chi connectivity index (χ4v) is 2.80. The molecule has 0 aliphatic heterocycles. The Hall–Kier alpha value is -3.36. The summed E-state index contributed by atoms with van der Waals surface area (Å²) in [6, 6.07) is 17.4. The molecule has 0 saturated carbocycles. The number of alkyl halides is 6. The predicted molar refractivity (Wildman–Crippen MR) is 102 cm³/mol. The van der Waals surface area contributed by atoms with Gasteiger partial charge in [0, 0.05) is 5.69 Å². The van der Waals surface area contributed by atoms with Crippen molar-refractivity contribution >= 4 is 17.1 Å². The van der Waals surface area contributed by atoms with Gasteiger partial charge in [-0.2, -0.15) is 26.3 Å². The molecule has 3 nitrogen and oxygen atoms in total. The van der Waals surface area contributed by atoms with Gasteiger partial charge in [0.1, 0.15) is 11.5 Å². The van der Waals surface area contributed by atoms with Gasteiger partial charge in [-0.1, -0.05) is 24.3 Å². The number of hydrogen-bond donors (Lipinski definition) is 2. The van der Waals surface area contributed by atoms with Crippen LogP contribution in [0.2, 0.25) is 0 Å². The van der Waals surface area contributed by atoms with Gasteiger partial charge in [-0.05, 0) is 54.1 Å². The van der Waals surface area contributed by atoms with Crippen LogP contribution in [0.1, 0.15) is 11.5 Å². The molecule has 30 heavy (non-hydrogen) atoms. The van der Waals surface area contributed by atoms with Crippen LogP contribution in [0, 0.1) is 0 Å². The predicted octanol–water partition coefficient (Wildman–Crippen LogP) is 7.01. The fraction of sp³-hybridized carbons (Fsp3) is 0.143. The van der Waals surface area contributed by atoms with Gasteiger partial charge < -0.3 is 15.8 Å². The number of anilines is 3. The largest absolute Gasteiger partial charge is 0.457 e. The van der Waals surface area contributed by atoms with Crippen molar-refractivity contribution in [2.24, 2.45) is 0 Å². The Morgan fingerprint density at radius 3 is 1.70 bits per heavy atom. The Morgan fingerprint density at radius 2 is 1.20 bits per heavy atom. The van der Waals surface area contributed by atoms with Crippen LogP contribution in [0.5, 0.6) is 11.5 Å². The maximum atomic E-state index is 12.8. The van der Waals surface area contributed by atoms with Gasteiger partial charge in [-0.15, -0.1) is 0 Å². The van der Waals surface area contributed by atoms with Gasteiger partial charge in [0.25, 0.3) is 0 Å². The topological polar surface area (TPSA) is 47.3 Å². The molecule has 0 aliphatic carbocycles. The quantitative estimate of drug-likeness (QED) is 0.341. The molecule has 0 amide bonds. The number of rotatable bonds is 5. The molecular weight excluding hydrogens is 410 g/mol. The lowest BCUT2D eigenvalue weighted by molar-refractivity contribution is -0.253. The van der Waals surface area contributed by atoms with Crippen molar-refractivity contribution in [2.75, 3.05) is 11.1 Å². The molecule has 3 aromatic carbocycles. The second kappa shape index (κ2) is 8.17. The number of benzene rings is 3. The Morgan fingerprint density at radius 1 is 0.700 bits per heavy atom. The van der Waals surface area contributed by atoms with Gasteiger partial charge in [0.15, 0.2) is 5.92 Å². The van der Waals surface area contributed by atoms with Crippen LogP contribution >= 0.6 is 0 Å². The van der Waals surface area contributed by atoms with Gasteiger partial charge in [0.2, 0.25) is 0 Å². The van der Waals surface area contributed by atoms with E-state index in [4.69, 9.17) is 10.5 Å². The zero-order valence-corrected chi connectivity index (χ0v) is 15.3. The zero-order chi connectivity index (χ0) is 21.9. The van der Waals surface area contributed by atoms with E-state index in [1.165, 1.54) is 0 Å². The molecular formula is C21H16F6N2O. The highest BCUT2D eigenvalue weighted by molar-refractivity contribution is 5.72. The minimum Gasteiger partial charge on any atom is -0.457 e. The zero-order valence-electron chi connectivity index (χ0n) is 15.3. The van der Waals surface area contributed by atoms with Crippen LogP contribution in [0.3, 0.4) is 0 Å². The van der Waals surface area contributed by atoms with Crippen LogP contribution in [0.4, 0.5) is 43.4 Å². The number of halogens is 6. The highest BCUT2D eigenvalue weighted by atomic mass is 19.4. The molecule has 158 valence electrons. The molecule has 0 spiro atoms. The maximum Gasteiger partial charge on any atom is 0.404 e. The molecule has 0 aliphatic rings. The van der Waals surface area contributed by atoms with Crippen molar-refractivity contribution in [3.63, 3.8) is 0 Å². The van der Waals surface area contributed by atoms with Crippen LogP contribution in [0.15, 0.2) is 72.8 Å². The first kappa shape index (κ1) is 21.4. The first-order valence-electron chi connectivity index (χ1n) is 8.67.